The van der Waals surface area contributed by atoms with Crippen molar-refractivity contribution in [2.45, 2.75) is 52.3 Å². The van der Waals surface area contributed by atoms with E-state index in [0.29, 0.717) is 11.8 Å². The standard InChI is InChI=1S/C10H21NO/c1-7(2)8-5-6-10(3,4)11-9(8)12/h7-9,11-12H,5-6H2,1-4H3. The lowest BCUT2D eigenvalue weighted by Gasteiger charge is -2.41. The summed E-state index contributed by atoms with van der Waals surface area (Å²) in [6.07, 6.45) is 1.99. The van der Waals surface area contributed by atoms with Crippen LogP contribution in [-0.4, -0.2) is 16.9 Å². The van der Waals surface area contributed by atoms with Crippen LogP contribution in [0, 0.1) is 11.8 Å². The molecule has 1 saturated heterocycles. The Bertz CT molecular complexity index is 154. The molecule has 12 heavy (non-hydrogen) atoms. The average Bonchev–Trinajstić information content (AvgIpc) is 1.83. The molecule has 0 aliphatic carbocycles. The van der Waals surface area contributed by atoms with Gasteiger partial charge in [0.15, 0.2) is 0 Å². The topological polar surface area (TPSA) is 32.3 Å². The van der Waals surface area contributed by atoms with Crippen molar-refractivity contribution < 1.29 is 5.11 Å². The molecule has 0 radical (unpaired) electrons. The van der Waals surface area contributed by atoms with E-state index in [2.05, 4.69) is 33.0 Å². The third kappa shape index (κ3) is 2.20. The third-order valence-electron chi connectivity index (χ3n) is 2.90. The van der Waals surface area contributed by atoms with Gasteiger partial charge in [0.1, 0.15) is 6.23 Å². The molecular formula is C10H21NO. The minimum absolute atomic E-state index is 0.116. The number of aliphatic hydroxyl groups excluding tert-OH is 1. The maximum atomic E-state index is 9.76. The van der Waals surface area contributed by atoms with Crippen molar-refractivity contribution in [3.63, 3.8) is 0 Å². The van der Waals surface area contributed by atoms with Gasteiger partial charge in [-0.3, -0.25) is 5.32 Å². The van der Waals surface area contributed by atoms with Gasteiger partial charge in [-0.25, -0.2) is 0 Å². The summed E-state index contributed by atoms with van der Waals surface area (Å²) in [6, 6.07) is 0. The average molecular weight is 171 g/mol. The predicted octanol–water partition coefficient (Wildman–Crippen LogP) is 1.74. The predicted molar refractivity (Wildman–Crippen MR) is 50.8 cm³/mol. The molecule has 0 aromatic heterocycles. The first kappa shape index (κ1) is 10.0. The molecule has 1 fully saturated rings. The lowest BCUT2D eigenvalue weighted by atomic mass is 9.80. The SMILES string of the molecule is CC(C)C1CCC(C)(C)NC1O. The Morgan fingerprint density at radius 1 is 1.42 bits per heavy atom. The highest BCUT2D eigenvalue weighted by Crippen LogP contribution is 2.29. The zero-order chi connectivity index (χ0) is 9.35. The van der Waals surface area contributed by atoms with E-state index in [9.17, 15) is 5.11 Å². The molecule has 72 valence electrons. The van der Waals surface area contributed by atoms with Crippen LogP contribution < -0.4 is 5.32 Å². The molecule has 1 heterocycles. The van der Waals surface area contributed by atoms with Crippen LogP contribution in [0.1, 0.15) is 40.5 Å². The summed E-state index contributed by atoms with van der Waals surface area (Å²) < 4.78 is 0. The van der Waals surface area contributed by atoms with Crippen LogP contribution in [0.2, 0.25) is 0 Å². The molecule has 2 heteroatoms. The van der Waals surface area contributed by atoms with Crippen LogP contribution in [0.15, 0.2) is 0 Å². The summed E-state index contributed by atoms with van der Waals surface area (Å²) >= 11 is 0. The molecule has 2 unspecified atom stereocenters. The monoisotopic (exact) mass is 171 g/mol. The lowest BCUT2D eigenvalue weighted by Crippen LogP contribution is -2.54. The van der Waals surface area contributed by atoms with Gasteiger partial charge in [-0.15, -0.1) is 0 Å². The largest absolute Gasteiger partial charge is 0.378 e. The summed E-state index contributed by atoms with van der Waals surface area (Å²) in [5, 5.41) is 13.0. The second-order valence-electron chi connectivity index (χ2n) is 4.92. The third-order valence-corrected chi connectivity index (χ3v) is 2.90. The fraction of sp³-hybridized carbons (Fsp3) is 1.00. The minimum atomic E-state index is -0.311. The Hall–Kier alpha value is -0.0800. The number of rotatable bonds is 1. The fourth-order valence-corrected chi connectivity index (χ4v) is 1.96. The van der Waals surface area contributed by atoms with Crippen molar-refractivity contribution in [1.82, 2.24) is 5.32 Å². The summed E-state index contributed by atoms with van der Waals surface area (Å²) in [7, 11) is 0. The fourth-order valence-electron chi connectivity index (χ4n) is 1.96. The summed E-state index contributed by atoms with van der Waals surface area (Å²) in [5.74, 6) is 1.00. The molecular weight excluding hydrogens is 150 g/mol. The van der Waals surface area contributed by atoms with Crippen molar-refractivity contribution in [1.29, 1.82) is 0 Å². The maximum absolute atomic E-state index is 9.76. The Morgan fingerprint density at radius 3 is 2.42 bits per heavy atom. The Morgan fingerprint density at radius 2 is 2.00 bits per heavy atom. The lowest BCUT2D eigenvalue weighted by molar-refractivity contribution is -0.0105. The van der Waals surface area contributed by atoms with Crippen LogP contribution in [0.25, 0.3) is 0 Å². The van der Waals surface area contributed by atoms with E-state index >= 15 is 0 Å². The second-order valence-corrected chi connectivity index (χ2v) is 4.92. The van der Waals surface area contributed by atoms with E-state index in [1.165, 1.54) is 0 Å². The van der Waals surface area contributed by atoms with Gasteiger partial charge in [-0.2, -0.15) is 0 Å². The van der Waals surface area contributed by atoms with E-state index in [1.807, 2.05) is 0 Å². The Labute approximate surface area is 75.4 Å². The molecule has 1 aliphatic heterocycles. The highest BCUT2D eigenvalue weighted by atomic mass is 16.3. The molecule has 0 saturated carbocycles. The highest BCUT2D eigenvalue weighted by Gasteiger charge is 2.33. The van der Waals surface area contributed by atoms with E-state index in [-0.39, 0.29) is 11.8 Å². The number of hydrogen-bond donors (Lipinski definition) is 2. The molecule has 2 nitrogen and oxygen atoms in total. The van der Waals surface area contributed by atoms with Gasteiger partial charge in [-0.05, 0) is 32.6 Å². The smallest absolute Gasteiger partial charge is 0.108 e. The second kappa shape index (κ2) is 3.35. The van der Waals surface area contributed by atoms with Crippen molar-refractivity contribution in [3.8, 4) is 0 Å². The van der Waals surface area contributed by atoms with Crippen molar-refractivity contribution in [2.75, 3.05) is 0 Å². The molecule has 0 aromatic rings. The Kier molecular flexibility index (Phi) is 2.79. The zero-order valence-electron chi connectivity index (χ0n) is 8.59. The van der Waals surface area contributed by atoms with Crippen LogP contribution in [0.4, 0.5) is 0 Å². The van der Waals surface area contributed by atoms with Crippen molar-refractivity contribution >= 4 is 0 Å². The number of nitrogens with one attached hydrogen (secondary N) is 1. The first-order valence-corrected chi connectivity index (χ1v) is 4.88. The molecule has 2 atom stereocenters. The van der Waals surface area contributed by atoms with Crippen LogP contribution >= 0.6 is 0 Å². The van der Waals surface area contributed by atoms with Crippen molar-refractivity contribution in [2.24, 2.45) is 11.8 Å². The van der Waals surface area contributed by atoms with E-state index in [0.717, 1.165) is 12.8 Å². The first-order chi connectivity index (χ1) is 5.42. The summed E-state index contributed by atoms with van der Waals surface area (Å²) in [5.41, 5.74) is 0.116. The quantitative estimate of drug-likeness (QED) is 0.630. The number of hydrogen-bond acceptors (Lipinski definition) is 2. The molecule has 0 spiro atoms. The van der Waals surface area contributed by atoms with E-state index in [1.54, 1.807) is 0 Å². The maximum Gasteiger partial charge on any atom is 0.108 e. The summed E-state index contributed by atoms with van der Waals surface area (Å²) in [4.78, 5) is 0. The van der Waals surface area contributed by atoms with Crippen molar-refractivity contribution in [3.05, 3.63) is 0 Å². The van der Waals surface area contributed by atoms with Gasteiger partial charge < -0.3 is 5.11 Å². The van der Waals surface area contributed by atoms with Gasteiger partial charge >= 0.3 is 0 Å². The summed E-state index contributed by atoms with van der Waals surface area (Å²) in [6.45, 7) is 8.64. The van der Waals surface area contributed by atoms with Gasteiger partial charge in [0.2, 0.25) is 0 Å². The van der Waals surface area contributed by atoms with Gasteiger partial charge in [0, 0.05) is 11.5 Å². The number of piperidine rings is 1. The minimum Gasteiger partial charge on any atom is -0.378 e. The number of aliphatic hydroxyl groups is 1. The van der Waals surface area contributed by atoms with E-state index in [4.69, 9.17) is 0 Å². The molecule has 2 N–H and O–H groups in total. The van der Waals surface area contributed by atoms with E-state index < -0.39 is 0 Å². The van der Waals surface area contributed by atoms with Crippen LogP contribution in [0.3, 0.4) is 0 Å². The van der Waals surface area contributed by atoms with Gasteiger partial charge in [-0.1, -0.05) is 13.8 Å². The Balaban J connectivity index is 2.54. The van der Waals surface area contributed by atoms with Gasteiger partial charge in [0.05, 0.1) is 0 Å². The molecule has 0 bridgehead atoms. The normalized spacial score (nSPS) is 35.5. The highest BCUT2D eigenvalue weighted by molar-refractivity contribution is 4.88. The van der Waals surface area contributed by atoms with Crippen LogP contribution in [0.5, 0.6) is 0 Å². The molecule has 0 aromatic carbocycles. The molecule has 0 amide bonds. The first-order valence-electron chi connectivity index (χ1n) is 4.88. The zero-order valence-corrected chi connectivity index (χ0v) is 8.59. The molecule has 1 aliphatic rings. The van der Waals surface area contributed by atoms with Gasteiger partial charge in [0.25, 0.3) is 0 Å². The van der Waals surface area contributed by atoms with Crippen LogP contribution in [-0.2, 0) is 0 Å². The molecule has 1 rings (SSSR count).